The van der Waals surface area contributed by atoms with Crippen molar-refractivity contribution in [1.29, 1.82) is 0 Å². The van der Waals surface area contributed by atoms with Crippen molar-refractivity contribution in [2.24, 2.45) is 0 Å². The first-order valence-electron chi connectivity index (χ1n) is 11.6. The molecule has 3 aromatic carbocycles. The van der Waals surface area contributed by atoms with Crippen LogP contribution in [0, 0.1) is 12.4 Å². The fourth-order valence-electron chi connectivity index (χ4n) is 3.91. The number of carbonyl (C=O) groups is 2. The molecule has 1 unspecified atom stereocenters. The third-order valence-corrected chi connectivity index (χ3v) is 5.75. The Labute approximate surface area is 218 Å². The number of hydrogen-bond acceptors (Lipinski definition) is 6. The summed E-state index contributed by atoms with van der Waals surface area (Å²) in [5, 5.41) is 3.16. The molecule has 0 saturated carbocycles. The summed E-state index contributed by atoms with van der Waals surface area (Å²) in [7, 11) is 1.31. The lowest BCUT2D eigenvalue weighted by Crippen LogP contribution is -2.22. The molecule has 0 amide bonds. The van der Waals surface area contributed by atoms with Gasteiger partial charge in [-0.15, -0.1) is 0 Å². The molecule has 0 bridgehead atoms. The highest BCUT2D eigenvalue weighted by Crippen LogP contribution is 2.30. The van der Waals surface area contributed by atoms with Crippen LogP contribution in [0.2, 0.25) is 0 Å². The number of hydrogen-bond donors (Lipinski definition) is 2. The number of benzene rings is 3. The average Bonchev–Trinajstić information content (AvgIpc) is 2.90. The molecule has 0 aliphatic heterocycles. The van der Waals surface area contributed by atoms with Crippen LogP contribution in [0.25, 0.3) is 4.85 Å². The summed E-state index contributed by atoms with van der Waals surface area (Å²) in [5.74, 6) is -2.36. The number of Topliss-reactive ketones (excluding diaryl/α,β-unsaturated/α-hetero) is 1. The Balaban J connectivity index is 1.88. The van der Waals surface area contributed by atoms with Crippen LogP contribution in [-0.2, 0) is 27.2 Å². The van der Waals surface area contributed by atoms with E-state index in [1.807, 2.05) is 6.07 Å². The standard InChI is InChI=1S/C28H26F3N3O4/c1-33-21-8-10-22(11-9-21)34-26(18-5-3-4-17(14-18)6-13-25(36)37-2)24(35)12-7-19-15-20(32)16-23(29)27(19)38-28(30)31/h3-5,8-11,14-16,26,28,34H,6-7,12-13,32H2,2H3. The summed E-state index contributed by atoms with van der Waals surface area (Å²) >= 11 is 0. The van der Waals surface area contributed by atoms with E-state index < -0.39 is 24.2 Å². The summed E-state index contributed by atoms with van der Waals surface area (Å²) in [4.78, 5) is 28.4. The number of methoxy groups -OCH3 is 1. The van der Waals surface area contributed by atoms with Crippen molar-refractivity contribution in [2.45, 2.75) is 38.3 Å². The maximum atomic E-state index is 14.3. The van der Waals surface area contributed by atoms with Crippen LogP contribution in [0.1, 0.15) is 35.6 Å². The molecule has 0 heterocycles. The van der Waals surface area contributed by atoms with Gasteiger partial charge in [-0.3, -0.25) is 9.59 Å². The van der Waals surface area contributed by atoms with Gasteiger partial charge in [0.05, 0.1) is 13.7 Å². The van der Waals surface area contributed by atoms with Gasteiger partial charge in [0.25, 0.3) is 0 Å². The fourth-order valence-corrected chi connectivity index (χ4v) is 3.91. The smallest absolute Gasteiger partial charge is 0.387 e. The molecular weight excluding hydrogens is 499 g/mol. The van der Waals surface area contributed by atoms with Crippen LogP contribution in [0.5, 0.6) is 5.75 Å². The predicted octanol–water partition coefficient (Wildman–Crippen LogP) is 6.02. The van der Waals surface area contributed by atoms with Gasteiger partial charge in [0, 0.05) is 30.3 Å². The van der Waals surface area contributed by atoms with Crippen LogP contribution in [0.4, 0.5) is 30.2 Å². The SMILES string of the molecule is [C-]#[N+]c1ccc(NC(C(=O)CCc2cc(N)cc(F)c2OC(F)F)c2cccc(CCC(=O)OC)c2)cc1. The molecule has 3 aromatic rings. The highest BCUT2D eigenvalue weighted by atomic mass is 19.3. The summed E-state index contributed by atoms with van der Waals surface area (Å²) in [6.45, 7) is 3.87. The lowest BCUT2D eigenvalue weighted by Gasteiger charge is -2.21. The summed E-state index contributed by atoms with van der Waals surface area (Å²) in [5.41, 5.74) is 8.16. The minimum Gasteiger partial charge on any atom is -0.469 e. The zero-order valence-corrected chi connectivity index (χ0v) is 20.5. The number of rotatable bonds is 12. The van der Waals surface area contributed by atoms with Crippen molar-refractivity contribution < 1.29 is 32.2 Å². The molecule has 7 nitrogen and oxygen atoms in total. The van der Waals surface area contributed by atoms with E-state index in [-0.39, 0.29) is 42.3 Å². The van der Waals surface area contributed by atoms with Crippen LogP contribution < -0.4 is 15.8 Å². The molecule has 0 fully saturated rings. The first-order valence-corrected chi connectivity index (χ1v) is 11.6. The third-order valence-electron chi connectivity index (χ3n) is 5.75. The molecule has 198 valence electrons. The number of aryl methyl sites for hydroxylation is 2. The van der Waals surface area contributed by atoms with Gasteiger partial charge in [-0.25, -0.2) is 9.24 Å². The summed E-state index contributed by atoms with van der Waals surface area (Å²) < 4.78 is 49.0. The number of nitrogens with zero attached hydrogens (tertiary/aromatic N) is 1. The van der Waals surface area contributed by atoms with Crippen molar-refractivity contribution in [2.75, 3.05) is 18.2 Å². The molecule has 0 radical (unpaired) electrons. The van der Waals surface area contributed by atoms with Crippen molar-refractivity contribution >= 4 is 28.8 Å². The van der Waals surface area contributed by atoms with E-state index in [2.05, 4.69) is 14.9 Å². The Kier molecular flexibility index (Phi) is 9.71. The van der Waals surface area contributed by atoms with Gasteiger partial charge in [0.1, 0.15) is 6.04 Å². The van der Waals surface area contributed by atoms with Gasteiger partial charge in [-0.1, -0.05) is 36.4 Å². The molecule has 10 heteroatoms. The van der Waals surface area contributed by atoms with Crippen LogP contribution in [0.15, 0.2) is 60.7 Å². The Hall–Kier alpha value is -4.52. The average molecular weight is 526 g/mol. The monoisotopic (exact) mass is 525 g/mol. The van der Waals surface area contributed by atoms with Crippen LogP contribution in [0.3, 0.4) is 0 Å². The Morgan fingerprint density at radius 1 is 1.05 bits per heavy atom. The van der Waals surface area contributed by atoms with Gasteiger partial charge in [-0.2, -0.15) is 8.78 Å². The Bertz CT molecular complexity index is 1320. The van der Waals surface area contributed by atoms with Crippen LogP contribution >= 0.6 is 0 Å². The van der Waals surface area contributed by atoms with Gasteiger partial charge < -0.3 is 20.5 Å². The van der Waals surface area contributed by atoms with Gasteiger partial charge in [-0.05, 0) is 47.7 Å². The summed E-state index contributed by atoms with van der Waals surface area (Å²) in [6.07, 6.45) is 0.322. The van der Waals surface area contributed by atoms with Gasteiger partial charge in [0.15, 0.2) is 23.0 Å². The first-order chi connectivity index (χ1) is 18.2. The molecule has 3 N–H and O–H groups in total. The molecule has 1 atom stereocenters. The highest BCUT2D eigenvalue weighted by molar-refractivity contribution is 5.88. The molecule has 0 saturated heterocycles. The van der Waals surface area contributed by atoms with Crippen molar-refractivity contribution in [3.05, 3.63) is 94.6 Å². The number of halogens is 3. The highest BCUT2D eigenvalue weighted by Gasteiger charge is 2.23. The molecule has 38 heavy (non-hydrogen) atoms. The second kappa shape index (κ2) is 13.1. The minimum absolute atomic E-state index is 0.0134. The minimum atomic E-state index is -3.25. The van der Waals surface area contributed by atoms with Crippen molar-refractivity contribution in [1.82, 2.24) is 0 Å². The maximum absolute atomic E-state index is 14.3. The number of nitrogen functional groups attached to an aromatic ring is 1. The fraction of sp³-hybridized carbons (Fsp3) is 0.250. The molecule has 0 spiro atoms. The number of carbonyl (C=O) groups excluding carboxylic acids is 2. The normalized spacial score (nSPS) is 11.5. The van der Waals surface area contributed by atoms with Crippen molar-refractivity contribution in [3.8, 4) is 5.75 Å². The lowest BCUT2D eigenvalue weighted by molar-refractivity contribution is -0.140. The van der Waals surface area contributed by atoms with E-state index in [0.29, 0.717) is 23.4 Å². The number of esters is 1. The number of ether oxygens (including phenoxy) is 2. The quantitative estimate of drug-likeness (QED) is 0.171. The van der Waals surface area contributed by atoms with E-state index in [1.165, 1.54) is 13.2 Å². The molecule has 0 aliphatic rings. The van der Waals surface area contributed by atoms with Gasteiger partial charge in [0.2, 0.25) is 0 Å². The Morgan fingerprint density at radius 3 is 2.45 bits per heavy atom. The second-order valence-electron chi connectivity index (χ2n) is 8.39. The third kappa shape index (κ3) is 7.74. The molecular formula is C28H26F3N3O4. The van der Waals surface area contributed by atoms with E-state index in [0.717, 1.165) is 11.6 Å². The van der Waals surface area contributed by atoms with E-state index in [9.17, 15) is 22.8 Å². The van der Waals surface area contributed by atoms with Gasteiger partial charge >= 0.3 is 12.6 Å². The molecule has 0 aromatic heterocycles. The first kappa shape index (κ1) is 28.1. The molecule has 0 aliphatic carbocycles. The number of ketones is 1. The second-order valence-corrected chi connectivity index (χ2v) is 8.39. The number of nitrogens with two attached hydrogens (primary N) is 1. The molecule has 3 rings (SSSR count). The number of nitrogens with one attached hydrogen (secondary N) is 1. The van der Waals surface area contributed by atoms with E-state index in [4.69, 9.17) is 17.0 Å². The zero-order chi connectivity index (χ0) is 27.7. The largest absolute Gasteiger partial charge is 0.469 e. The maximum Gasteiger partial charge on any atom is 0.387 e. The van der Waals surface area contributed by atoms with E-state index >= 15 is 0 Å². The van der Waals surface area contributed by atoms with Crippen LogP contribution in [-0.4, -0.2) is 25.5 Å². The summed E-state index contributed by atoms with van der Waals surface area (Å²) in [6, 6.07) is 15.0. The van der Waals surface area contributed by atoms with Crippen molar-refractivity contribution in [3.63, 3.8) is 0 Å². The predicted molar refractivity (Wildman–Crippen MR) is 137 cm³/mol. The topological polar surface area (TPSA) is 95.0 Å². The number of alkyl halides is 2. The lowest BCUT2D eigenvalue weighted by atomic mass is 9.94. The zero-order valence-electron chi connectivity index (χ0n) is 20.5. The Morgan fingerprint density at radius 2 is 1.79 bits per heavy atom. The number of anilines is 2. The van der Waals surface area contributed by atoms with E-state index in [1.54, 1.807) is 42.5 Å².